The van der Waals surface area contributed by atoms with Gasteiger partial charge in [-0.25, -0.2) is 0 Å². The highest BCUT2D eigenvalue weighted by Crippen LogP contribution is 2.07. The highest BCUT2D eigenvalue weighted by atomic mass is 28.3. The third-order valence-corrected chi connectivity index (χ3v) is 5.88. The quantitative estimate of drug-likeness (QED) is 0.622. The summed E-state index contributed by atoms with van der Waals surface area (Å²) in [7, 11) is -0.419. The van der Waals surface area contributed by atoms with Crippen molar-refractivity contribution in [1.82, 2.24) is 0 Å². The molecule has 12 heavy (non-hydrogen) atoms. The fourth-order valence-electron chi connectivity index (χ4n) is 1.52. The van der Waals surface area contributed by atoms with E-state index in [-0.39, 0.29) is 0 Å². The summed E-state index contributed by atoms with van der Waals surface area (Å²) in [5.41, 5.74) is 1.54. The lowest BCUT2D eigenvalue weighted by atomic mass is 10.2. The highest BCUT2D eigenvalue weighted by Gasteiger charge is 2.05. The summed E-state index contributed by atoms with van der Waals surface area (Å²) >= 11 is 0. The van der Waals surface area contributed by atoms with Crippen LogP contribution in [0.4, 0.5) is 0 Å². The van der Waals surface area contributed by atoms with Crippen molar-refractivity contribution in [2.45, 2.75) is 32.0 Å². The number of benzene rings is 1. The van der Waals surface area contributed by atoms with Crippen molar-refractivity contribution in [3.05, 3.63) is 35.9 Å². The second kappa shape index (κ2) is 5.15. The fourth-order valence-corrected chi connectivity index (χ4v) is 3.62. The van der Waals surface area contributed by atoms with Crippen LogP contribution in [0, 0.1) is 0 Å². The van der Waals surface area contributed by atoms with Crippen LogP contribution in [-0.2, 0) is 6.04 Å². The van der Waals surface area contributed by atoms with Gasteiger partial charge in [0, 0.05) is 8.80 Å². The van der Waals surface area contributed by atoms with Crippen LogP contribution in [0.3, 0.4) is 0 Å². The van der Waals surface area contributed by atoms with E-state index in [0.717, 1.165) is 0 Å². The molecule has 1 heteroatoms. The molecule has 0 heterocycles. The molecule has 1 rings (SSSR count). The Bertz CT molecular complexity index is 202. The lowest BCUT2D eigenvalue weighted by molar-refractivity contribution is 1.22. The molecule has 0 saturated heterocycles. The average molecular weight is 178 g/mol. The summed E-state index contributed by atoms with van der Waals surface area (Å²) in [5, 5.41) is 0. The van der Waals surface area contributed by atoms with E-state index in [2.05, 4.69) is 44.2 Å². The summed E-state index contributed by atoms with van der Waals surface area (Å²) < 4.78 is 0. The van der Waals surface area contributed by atoms with Gasteiger partial charge in [-0.1, -0.05) is 61.8 Å². The monoisotopic (exact) mass is 178 g/mol. The SMILES string of the molecule is CC[SiH](CC)Cc1ccccc1. The zero-order valence-electron chi connectivity index (χ0n) is 8.09. The third kappa shape index (κ3) is 2.82. The van der Waals surface area contributed by atoms with Gasteiger partial charge in [0.15, 0.2) is 0 Å². The first kappa shape index (κ1) is 9.52. The van der Waals surface area contributed by atoms with E-state index >= 15 is 0 Å². The van der Waals surface area contributed by atoms with Gasteiger partial charge in [0.05, 0.1) is 0 Å². The maximum absolute atomic E-state index is 2.34. The summed E-state index contributed by atoms with van der Waals surface area (Å²) in [5.74, 6) is 0. The van der Waals surface area contributed by atoms with Crippen LogP contribution in [0.15, 0.2) is 30.3 Å². The smallest absolute Gasteiger partial charge is 0.0408 e. The maximum Gasteiger partial charge on any atom is 0.0408 e. The molecule has 66 valence electrons. The van der Waals surface area contributed by atoms with Gasteiger partial charge in [-0.3, -0.25) is 0 Å². The Morgan fingerprint density at radius 2 is 1.58 bits per heavy atom. The van der Waals surface area contributed by atoms with Crippen molar-refractivity contribution in [2.75, 3.05) is 0 Å². The standard InChI is InChI=1S/C11H18Si/c1-3-12(4-2)10-11-8-6-5-7-9-11/h5-9,12H,3-4,10H2,1-2H3. The van der Waals surface area contributed by atoms with Crippen LogP contribution in [0.5, 0.6) is 0 Å². The molecule has 0 spiro atoms. The Hall–Kier alpha value is -0.563. The van der Waals surface area contributed by atoms with E-state index < -0.39 is 8.80 Å². The molecule has 0 atom stereocenters. The van der Waals surface area contributed by atoms with Crippen molar-refractivity contribution < 1.29 is 0 Å². The molecule has 0 unspecified atom stereocenters. The molecule has 0 nitrogen and oxygen atoms in total. The van der Waals surface area contributed by atoms with Crippen molar-refractivity contribution in [2.24, 2.45) is 0 Å². The summed E-state index contributed by atoms with van der Waals surface area (Å²) in [6, 6.07) is 15.2. The summed E-state index contributed by atoms with van der Waals surface area (Å²) in [6.07, 6.45) is 0. The number of rotatable bonds is 4. The van der Waals surface area contributed by atoms with Gasteiger partial charge >= 0.3 is 0 Å². The minimum atomic E-state index is -0.419. The average Bonchev–Trinajstić information content (AvgIpc) is 2.16. The Balaban J connectivity index is 2.51. The van der Waals surface area contributed by atoms with Crippen LogP contribution in [-0.4, -0.2) is 8.80 Å². The summed E-state index contributed by atoms with van der Waals surface area (Å²) in [4.78, 5) is 0. The predicted octanol–water partition coefficient (Wildman–Crippen LogP) is 3.04. The zero-order chi connectivity index (χ0) is 8.81. The first-order chi connectivity index (χ1) is 5.86. The topological polar surface area (TPSA) is 0 Å². The maximum atomic E-state index is 2.34. The van der Waals surface area contributed by atoms with Crippen LogP contribution in [0.25, 0.3) is 0 Å². The van der Waals surface area contributed by atoms with Gasteiger partial charge in [-0.15, -0.1) is 0 Å². The van der Waals surface area contributed by atoms with E-state index in [1.807, 2.05) is 0 Å². The second-order valence-corrected chi connectivity index (χ2v) is 7.15. The molecule has 0 fully saturated rings. The molecule has 0 aliphatic rings. The lowest BCUT2D eigenvalue weighted by Gasteiger charge is -2.09. The first-order valence-corrected chi connectivity index (χ1v) is 7.35. The summed E-state index contributed by atoms with van der Waals surface area (Å²) in [6.45, 7) is 4.67. The van der Waals surface area contributed by atoms with Crippen molar-refractivity contribution >= 4 is 8.80 Å². The van der Waals surface area contributed by atoms with E-state index in [0.29, 0.717) is 0 Å². The van der Waals surface area contributed by atoms with Gasteiger partial charge in [-0.05, 0) is 6.04 Å². The Morgan fingerprint density at radius 1 is 1.00 bits per heavy atom. The van der Waals surface area contributed by atoms with Crippen LogP contribution in [0.2, 0.25) is 12.1 Å². The van der Waals surface area contributed by atoms with Crippen LogP contribution >= 0.6 is 0 Å². The normalized spacial score (nSPS) is 10.6. The fraction of sp³-hybridized carbons (Fsp3) is 0.455. The number of hydrogen-bond donors (Lipinski definition) is 0. The van der Waals surface area contributed by atoms with Crippen LogP contribution in [0.1, 0.15) is 19.4 Å². The van der Waals surface area contributed by atoms with Gasteiger partial charge in [0.25, 0.3) is 0 Å². The predicted molar refractivity (Wildman–Crippen MR) is 58.3 cm³/mol. The molecule has 0 aliphatic carbocycles. The third-order valence-electron chi connectivity index (χ3n) is 2.52. The minimum Gasteiger partial charge on any atom is -0.0680 e. The second-order valence-electron chi connectivity index (χ2n) is 3.37. The Labute approximate surface area is 77.2 Å². The molecule has 0 bridgehead atoms. The molecule has 1 aromatic rings. The van der Waals surface area contributed by atoms with E-state index in [4.69, 9.17) is 0 Å². The van der Waals surface area contributed by atoms with E-state index in [1.54, 1.807) is 0 Å². The van der Waals surface area contributed by atoms with Crippen molar-refractivity contribution in [3.63, 3.8) is 0 Å². The molecule has 0 aromatic heterocycles. The highest BCUT2D eigenvalue weighted by molar-refractivity contribution is 6.58. The Morgan fingerprint density at radius 3 is 2.08 bits per heavy atom. The lowest BCUT2D eigenvalue weighted by Crippen LogP contribution is -2.13. The van der Waals surface area contributed by atoms with Gasteiger partial charge in [-0.2, -0.15) is 0 Å². The molecule has 0 saturated carbocycles. The largest absolute Gasteiger partial charge is 0.0680 e. The van der Waals surface area contributed by atoms with Gasteiger partial charge < -0.3 is 0 Å². The van der Waals surface area contributed by atoms with Gasteiger partial charge in [0.1, 0.15) is 0 Å². The molecule has 0 radical (unpaired) electrons. The van der Waals surface area contributed by atoms with E-state index in [9.17, 15) is 0 Å². The zero-order valence-corrected chi connectivity index (χ0v) is 9.24. The Kier molecular flexibility index (Phi) is 4.09. The van der Waals surface area contributed by atoms with Crippen molar-refractivity contribution in [1.29, 1.82) is 0 Å². The first-order valence-electron chi connectivity index (χ1n) is 4.90. The molecule has 1 aromatic carbocycles. The van der Waals surface area contributed by atoms with E-state index in [1.165, 1.54) is 23.7 Å². The van der Waals surface area contributed by atoms with Crippen LogP contribution < -0.4 is 0 Å². The molecule has 0 N–H and O–H groups in total. The molecule has 0 amide bonds. The van der Waals surface area contributed by atoms with Gasteiger partial charge in [0.2, 0.25) is 0 Å². The molecular formula is C11H18Si. The minimum absolute atomic E-state index is 0.419. The molecule has 0 aliphatic heterocycles. The number of hydrogen-bond acceptors (Lipinski definition) is 0. The molecular weight excluding hydrogens is 160 g/mol. The van der Waals surface area contributed by atoms with Crippen molar-refractivity contribution in [3.8, 4) is 0 Å².